The quantitative estimate of drug-likeness (QED) is 0.704. The molecule has 0 aromatic heterocycles. The molecule has 1 aliphatic carbocycles. The molecule has 0 heteroatoms. The Hall–Kier alpha value is -1.56. The van der Waals surface area contributed by atoms with Gasteiger partial charge in [-0.25, -0.2) is 0 Å². The normalized spacial score (nSPS) is 13.6. The SMILES string of the molecule is CCc1ccc(C)cc1.c1ccc(CC2CC2)cc1. The summed E-state index contributed by atoms with van der Waals surface area (Å²) in [4.78, 5) is 0. The molecule has 0 spiro atoms. The highest BCUT2D eigenvalue weighted by molar-refractivity contribution is 5.20. The molecule has 1 aliphatic rings. The van der Waals surface area contributed by atoms with E-state index in [9.17, 15) is 0 Å². The van der Waals surface area contributed by atoms with Crippen LogP contribution < -0.4 is 0 Å². The Balaban J connectivity index is 0.000000141. The van der Waals surface area contributed by atoms with E-state index in [1.807, 2.05) is 0 Å². The second kappa shape index (κ2) is 7.13. The van der Waals surface area contributed by atoms with Crippen molar-refractivity contribution in [3.8, 4) is 0 Å². The van der Waals surface area contributed by atoms with Crippen LogP contribution in [0.3, 0.4) is 0 Å². The van der Waals surface area contributed by atoms with Crippen molar-refractivity contribution in [3.63, 3.8) is 0 Å². The van der Waals surface area contributed by atoms with Crippen molar-refractivity contribution in [2.75, 3.05) is 0 Å². The molecular formula is C19H24. The van der Waals surface area contributed by atoms with Crippen molar-refractivity contribution >= 4 is 0 Å². The molecule has 0 amide bonds. The van der Waals surface area contributed by atoms with E-state index in [1.54, 1.807) is 0 Å². The van der Waals surface area contributed by atoms with Crippen molar-refractivity contribution < 1.29 is 0 Å². The number of hydrogen-bond donors (Lipinski definition) is 0. The highest BCUT2D eigenvalue weighted by atomic mass is 14.3. The summed E-state index contributed by atoms with van der Waals surface area (Å²) in [6.07, 6.45) is 5.35. The third-order valence-corrected chi connectivity index (χ3v) is 3.59. The summed E-state index contributed by atoms with van der Waals surface area (Å²) >= 11 is 0. The molecule has 0 saturated heterocycles. The van der Waals surface area contributed by atoms with Gasteiger partial charge in [0.2, 0.25) is 0 Å². The summed E-state index contributed by atoms with van der Waals surface area (Å²) in [5.74, 6) is 1.02. The Bertz CT molecular complexity index is 463. The summed E-state index contributed by atoms with van der Waals surface area (Å²) in [5.41, 5.74) is 4.26. The number of benzene rings is 2. The third-order valence-electron chi connectivity index (χ3n) is 3.59. The van der Waals surface area contributed by atoms with Crippen LogP contribution in [0.1, 0.15) is 36.5 Å². The molecule has 3 rings (SSSR count). The van der Waals surface area contributed by atoms with Gasteiger partial charge in [0, 0.05) is 0 Å². The second-order valence-corrected chi connectivity index (χ2v) is 5.47. The van der Waals surface area contributed by atoms with Crippen molar-refractivity contribution in [3.05, 3.63) is 71.3 Å². The fourth-order valence-corrected chi connectivity index (χ4v) is 2.09. The van der Waals surface area contributed by atoms with E-state index < -0.39 is 0 Å². The lowest BCUT2D eigenvalue weighted by atomic mass is 10.1. The van der Waals surface area contributed by atoms with Gasteiger partial charge in [-0.1, -0.05) is 67.1 Å². The standard InChI is InChI=1S/C10H12.C9H12/c1-2-4-9(5-3-1)8-10-6-7-10;1-3-9-6-4-8(2)5-7-9/h1-5,10H,6-8H2;4-7H,3H2,1-2H3. The predicted molar refractivity (Wildman–Crippen MR) is 83.4 cm³/mol. The molecule has 1 fully saturated rings. The molecule has 0 atom stereocenters. The predicted octanol–water partition coefficient (Wildman–Crippen LogP) is 5.20. The van der Waals surface area contributed by atoms with E-state index in [2.05, 4.69) is 68.4 Å². The summed E-state index contributed by atoms with van der Waals surface area (Å²) in [5, 5.41) is 0. The zero-order valence-electron chi connectivity index (χ0n) is 12.1. The zero-order chi connectivity index (χ0) is 13.5. The van der Waals surface area contributed by atoms with E-state index >= 15 is 0 Å². The molecule has 0 N–H and O–H groups in total. The smallest absolute Gasteiger partial charge is 0.0250 e. The van der Waals surface area contributed by atoms with E-state index in [1.165, 1.54) is 36.0 Å². The molecule has 0 unspecified atom stereocenters. The second-order valence-electron chi connectivity index (χ2n) is 5.47. The lowest BCUT2D eigenvalue weighted by Gasteiger charge is -1.95. The Morgan fingerprint density at radius 1 is 0.842 bits per heavy atom. The fourth-order valence-electron chi connectivity index (χ4n) is 2.09. The van der Waals surface area contributed by atoms with Gasteiger partial charge in [-0.3, -0.25) is 0 Å². The summed E-state index contributed by atoms with van der Waals surface area (Å²) in [7, 11) is 0. The minimum atomic E-state index is 1.02. The molecule has 2 aromatic rings. The molecule has 0 heterocycles. The van der Waals surface area contributed by atoms with Crippen LogP contribution in [0.5, 0.6) is 0 Å². The van der Waals surface area contributed by atoms with E-state index in [4.69, 9.17) is 0 Å². The first-order chi connectivity index (χ1) is 9.28. The van der Waals surface area contributed by atoms with E-state index in [0.29, 0.717) is 0 Å². The molecule has 0 radical (unpaired) electrons. The lowest BCUT2D eigenvalue weighted by Crippen LogP contribution is -1.84. The van der Waals surface area contributed by atoms with Gasteiger partial charge in [0.1, 0.15) is 0 Å². The van der Waals surface area contributed by atoms with E-state index in [-0.39, 0.29) is 0 Å². The average Bonchev–Trinajstić information content (AvgIpc) is 3.26. The molecular weight excluding hydrogens is 228 g/mol. The van der Waals surface area contributed by atoms with Gasteiger partial charge in [-0.2, -0.15) is 0 Å². The summed E-state index contributed by atoms with van der Waals surface area (Å²) < 4.78 is 0. The van der Waals surface area contributed by atoms with Crippen LogP contribution in [0.4, 0.5) is 0 Å². The number of aryl methyl sites for hydroxylation is 2. The first kappa shape index (κ1) is 13.9. The molecule has 0 bridgehead atoms. The van der Waals surface area contributed by atoms with Gasteiger partial charge >= 0.3 is 0 Å². The molecule has 19 heavy (non-hydrogen) atoms. The molecule has 0 aliphatic heterocycles. The van der Waals surface area contributed by atoms with E-state index in [0.717, 1.165) is 12.3 Å². The molecule has 1 saturated carbocycles. The Morgan fingerprint density at radius 3 is 2.00 bits per heavy atom. The van der Waals surface area contributed by atoms with Crippen LogP contribution in [0.25, 0.3) is 0 Å². The Labute approximate surface area is 117 Å². The molecule has 0 nitrogen and oxygen atoms in total. The van der Waals surface area contributed by atoms with Crippen LogP contribution >= 0.6 is 0 Å². The van der Waals surface area contributed by atoms with Crippen LogP contribution in [-0.2, 0) is 12.8 Å². The number of hydrogen-bond acceptors (Lipinski definition) is 0. The monoisotopic (exact) mass is 252 g/mol. The molecule has 2 aromatic carbocycles. The van der Waals surface area contributed by atoms with Crippen molar-refractivity contribution in [1.82, 2.24) is 0 Å². The van der Waals surface area contributed by atoms with Crippen LogP contribution in [0.15, 0.2) is 54.6 Å². The van der Waals surface area contributed by atoms with Crippen LogP contribution in [-0.4, -0.2) is 0 Å². The summed E-state index contributed by atoms with van der Waals surface area (Å²) in [6.45, 7) is 4.28. The van der Waals surface area contributed by atoms with Gasteiger partial charge in [-0.05, 0) is 49.7 Å². The average molecular weight is 252 g/mol. The topological polar surface area (TPSA) is 0 Å². The first-order valence-electron chi connectivity index (χ1n) is 7.37. The highest BCUT2D eigenvalue weighted by Crippen LogP contribution is 2.32. The van der Waals surface area contributed by atoms with Crippen molar-refractivity contribution in [1.29, 1.82) is 0 Å². The minimum absolute atomic E-state index is 1.02. The van der Waals surface area contributed by atoms with Crippen molar-refractivity contribution in [2.45, 2.75) is 39.5 Å². The Morgan fingerprint density at radius 2 is 1.47 bits per heavy atom. The summed E-state index contributed by atoms with van der Waals surface area (Å²) in [6, 6.07) is 19.4. The van der Waals surface area contributed by atoms with Crippen LogP contribution in [0, 0.1) is 12.8 Å². The maximum absolute atomic E-state index is 2.22. The van der Waals surface area contributed by atoms with Crippen LogP contribution in [0.2, 0.25) is 0 Å². The highest BCUT2D eigenvalue weighted by Gasteiger charge is 2.20. The van der Waals surface area contributed by atoms with Gasteiger partial charge in [0.15, 0.2) is 0 Å². The maximum Gasteiger partial charge on any atom is -0.0250 e. The van der Waals surface area contributed by atoms with Gasteiger partial charge in [0.25, 0.3) is 0 Å². The van der Waals surface area contributed by atoms with Gasteiger partial charge in [0.05, 0.1) is 0 Å². The number of rotatable bonds is 3. The fraction of sp³-hybridized carbons (Fsp3) is 0.368. The van der Waals surface area contributed by atoms with Gasteiger partial charge in [-0.15, -0.1) is 0 Å². The minimum Gasteiger partial charge on any atom is -0.0622 e. The molecule has 100 valence electrons. The lowest BCUT2D eigenvalue weighted by molar-refractivity contribution is 0.832. The van der Waals surface area contributed by atoms with Crippen molar-refractivity contribution in [2.24, 2.45) is 5.92 Å². The maximum atomic E-state index is 2.22. The van der Waals surface area contributed by atoms with Gasteiger partial charge < -0.3 is 0 Å². The third kappa shape index (κ3) is 5.30. The zero-order valence-corrected chi connectivity index (χ0v) is 12.1. The first-order valence-corrected chi connectivity index (χ1v) is 7.37. The largest absolute Gasteiger partial charge is 0.0622 e. The Kier molecular flexibility index (Phi) is 5.20.